The number of carbonyl (C=O) groups excluding carboxylic acids is 1. The molecule has 0 amide bonds. The number of rotatable bonds is 11. The van der Waals surface area contributed by atoms with Crippen LogP contribution in [-0.4, -0.2) is 30.5 Å². The van der Waals surface area contributed by atoms with E-state index in [9.17, 15) is 9.90 Å². The average molecular weight is 465 g/mol. The number of carbonyl (C=O) groups is 1. The van der Waals surface area contributed by atoms with Crippen molar-refractivity contribution in [1.29, 1.82) is 0 Å². The minimum atomic E-state index is -0.469. The van der Waals surface area contributed by atoms with Gasteiger partial charge in [0.25, 0.3) is 0 Å². The summed E-state index contributed by atoms with van der Waals surface area (Å²) in [6, 6.07) is 8.39. The number of ether oxygens (including phenoxy) is 2. The molecule has 31 heavy (non-hydrogen) atoms. The molecule has 2 rings (SSSR count). The lowest BCUT2D eigenvalue weighted by atomic mass is 10.0. The van der Waals surface area contributed by atoms with Crippen LogP contribution in [0, 0.1) is 0 Å². The van der Waals surface area contributed by atoms with E-state index in [1.54, 1.807) is 43.5 Å². The van der Waals surface area contributed by atoms with Gasteiger partial charge in [-0.3, -0.25) is 0 Å². The number of benzene rings is 2. The summed E-state index contributed by atoms with van der Waals surface area (Å²) in [6.45, 7) is 7.60. The van der Waals surface area contributed by atoms with Gasteiger partial charge in [-0.2, -0.15) is 5.10 Å². The van der Waals surface area contributed by atoms with Crippen molar-refractivity contribution in [2.75, 3.05) is 18.2 Å². The van der Waals surface area contributed by atoms with Crippen LogP contribution in [0.3, 0.4) is 0 Å². The van der Waals surface area contributed by atoms with E-state index in [0.29, 0.717) is 33.5 Å². The number of hydrogen-bond acceptors (Lipinski definition) is 6. The van der Waals surface area contributed by atoms with Gasteiger partial charge in [0.05, 0.1) is 6.61 Å². The molecule has 166 valence electrons. The highest BCUT2D eigenvalue weighted by Crippen LogP contribution is 2.34. The van der Waals surface area contributed by atoms with Gasteiger partial charge in [0.1, 0.15) is 17.2 Å². The maximum absolute atomic E-state index is 11.5. The van der Waals surface area contributed by atoms with E-state index < -0.39 is 5.97 Å². The van der Waals surface area contributed by atoms with Gasteiger partial charge < -0.3 is 14.6 Å². The van der Waals surface area contributed by atoms with Crippen LogP contribution in [-0.2, 0) is 16.0 Å². The Hall–Kier alpha value is -2.70. The number of halogens is 2. The minimum absolute atomic E-state index is 0.0807. The largest absolute Gasteiger partial charge is 0.506 e. The monoisotopic (exact) mass is 464 g/mol. The van der Waals surface area contributed by atoms with Gasteiger partial charge in [-0.15, -0.1) is 0 Å². The number of anilines is 1. The highest BCUT2D eigenvalue weighted by Gasteiger charge is 2.14. The van der Waals surface area contributed by atoms with Crippen LogP contribution in [0.4, 0.5) is 5.69 Å². The molecule has 2 aromatic carbocycles. The zero-order chi connectivity index (χ0) is 22.8. The molecule has 0 aliphatic carbocycles. The van der Waals surface area contributed by atoms with Crippen LogP contribution in [0.1, 0.15) is 37.8 Å². The summed E-state index contributed by atoms with van der Waals surface area (Å²) >= 11 is 12.9. The third kappa shape index (κ3) is 7.19. The molecule has 8 heteroatoms. The highest BCUT2D eigenvalue weighted by atomic mass is 35.5. The average Bonchev–Trinajstić information content (AvgIpc) is 2.74. The molecule has 6 nitrogen and oxygen atoms in total. The first-order valence-corrected chi connectivity index (χ1v) is 10.7. The number of nitrogens with zero attached hydrogens (tertiary/aromatic N) is 2. The van der Waals surface area contributed by atoms with E-state index in [1.165, 1.54) is 11.2 Å². The second-order valence-corrected chi connectivity index (χ2v) is 7.39. The molecule has 0 saturated heterocycles. The van der Waals surface area contributed by atoms with Gasteiger partial charge in [0.15, 0.2) is 6.61 Å². The number of unbranched alkanes of at least 4 members (excludes halogenated alkanes) is 1. The summed E-state index contributed by atoms with van der Waals surface area (Å²) < 4.78 is 10.2. The van der Waals surface area contributed by atoms with Gasteiger partial charge in [0, 0.05) is 28.9 Å². The lowest BCUT2D eigenvalue weighted by molar-refractivity contribution is -0.145. The van der Waals surface area contributed by atoms with Gasteiger partial charge >= 0.3 is 5.97 Å². The molecular weight excluding hydrogens is 439 g/mol. The van der Waals surface area contributed by atoms with Crippen LogP contribution in [0.5, 0.6) is 11.5 Å². The molecule has 0 aliphatic heterocycles. The molecule has 2 aromatic rings. The van der Waals surface area contributed by atoms with Gasteiger partial charge in [-0.05, 0) is 48.7 Å². The number of phenolic OH excluding ortho intramolecular Hbond substituents is 1. The molecule has 0 heterocycles. The second-order valence-electron chi connectivity index (χ2n) is 6.57. The van der Waals surface area contributed by atoms with Crippen LogP contribution in [0.15, 0.2) is 48.2 Å². The van der Waals surface area contributed by atoms with Crippen molar-refractivity contribution in [3.63, 3.8) is 0 Å². The molecule has 1 N–H and O–H groups in total. The van der Waals surface area contributed by atoms with Crippen molar-refractivity contribution in [3.05, 3.63) is 64.3 Å². The van der Waals surface area contributed by atoms with Crippen molar-refractivity contribution in [3.8, 4) is 11.5 Å². The van der Waals surface area contributed by atoms with Gasteiger partial charge in [0.2, 0.25) is 0 Å². The Labute approximate surface area is 192 Å². The lowest BCUT2D eigenvalue weighted by Crippen LogP contribution is -2.14. The number of aromatic hydroxyl groups is 1. The Morgan fingerprint density at radius 1 is 1.23 bits per heavy atom. The Balaban J connectivity index is 2.22. The number of hydrogen-bond donors (Lipinski definition) is 1. The van der Waals surface area contributed by atoms with E-state index >= 15 is 0 Å². The summed E-state index contributed by atoms with van der Waals surface area (Å²) in [5.41, 5.74) is 2.07. The standard InChI is InChI=1S/C23H26Cl2N2O4/c1-4-7-10-26-27(5-2)21-12-16(8-9-22(21)28)11-18-19(24)13-17(14-20(18)25)31-15-23(29)30-6-3/h5,8-10,12-14,28H,2,4,6-7,11,15H2,1,3H3/b26-10-. The van der Waals surface area contributed by atoms with E-state index in [0.717, 1.165) is 18.4 Å². The fourth-order valence-electron chi connectivity index (χ4n) is 2.73. The Bertz CT molecular complexity index is 924. The van der Waals surface area contributed by atoms with Crippen molar-refractivity contribution in [2.24, 2.45) is 5.10 Å². The first-order chi connectivity index (χ1) is 14.9. The first-order valence-electron chi connectivity index (χ1n) is 9.92. The predicted octanol–water partition coefficient (Wildman–Crippen LogP) is 5.97. The maximum atomic E-state index is 11.5. The van der Waals surface area contributed by atoms with Gasteiger partial charge in [-0.1, -0.05) is 49.2 Å². The van der Waals surface area contributed by atoms with Crippen LogP contribution >= 0.6 is 23.2 Å². The summed E-state index contributed by atoms with van der Waals surface area (Å²) in [7, 11) is 0. The Kier molecular flexibility index (Phi) is 9.69. The summed E-state index contributed by atoms with van der Waals surface area (Å²) in [5, 5.41) is 16.9. The summed E-state index contributed by atoms with van der Waals surface area (Å²) in [4.78, 5) is 11.5. The summed E-state index contributed by atoms with van der Waals surface area (Å²) in [6.07, 6.45) is 5.52. The van der Waals surface area contributed by atoms with Crippen molar-refractivity contribution < 1.29 is 19.4 Å². The number of esters is 1. The van der Waals surface area contributed by atoms with E-state index in [4.69, 9.17) is 32.7 Å². The SMILES string of the molecule is C=CN(/N=C\CCC)c1cc(Cc2c(Cl)cc(OCC(=O)OCC)cc2Cl)ccc1O. The van der Waals surface area contributed by atoms with Crippen molar-refractivity contribution >= 4 is 41.1 Å². The second kappa shape index (κ2) is 12.2. The normalized spacial score (nSPS) is 10.8. The van der Waals surface area contributed by atoms with Crippen molar-refractivity contribution in [2.45, 2.75) is 33.1 Å². The third-order valence-corrected chi connectivity index (χ3v) is 4.92. The highest BCUT2D eigenvalue weighted by molar-refractivity contribution is 6.36. The quantitative estimate of drug-likeness (QED) is 0.252. The van der Waals surface area contributed by atoms with E-state index in [-0.39, 0.29) is 19.0 Å². The van der Waals surface area contributed by atoms with Crippen molar-refractivity contribution in [1.82, 2.24) is 0 Å². The molecule has 0 fully saturated rings. The maximum Gasteiger partial charge on any atom is 0.344 e. The molecule has 0 aromatic heterocycles. The Morgan fingerprint density at radius 2 is 1.94 bits per heavy atom. The topological polar surface area (TPSA) is 71.4 Å². The Morgan fingerprint density at radius 3 is 2.55 bits per heavy atom. The van der Waals surface area contributed by atoms with Crippen LogP contribution in [0.2, 0.25) is 10.0 Å². The van der Waals surface area contributed by atoms with Crippen LogP contribution < -0.4 is 9.75 Å². The first kappa shape index (κ1) is 24.6. The summed E-state index contributed by atoms with van der Waals surface area (Å²) in [5.74, 6) is -0.0117. The molecule has 0 spiro atoms. The minimum Gasteiger partial charge on any atom is -0.506 e. The third-order valence-electron chi connectivity index (χ3n) is 4.24. The number of phenols is 1. The molecule has 0 bridgehead atoms. The van der Waals surface area contributed by atoms with Gasteiger partial charge in [-0.25, -0.2) is 9.80 Å². The molecule has 0 unspecified atom stereocenters. The molecule has 0 atom stereocenters. The molecule has 0 aliphatic rings. The fourth-order valence-corrected chi connectivity index (χ4v) is 3.33. The molecular formula is C23H26Cl2N2O4. The lowest BCUT2D eigenvalue weighted by Gasteiger charge is -2.17. The smallest absolute Gasteiger partial charge is 0.344 e. The van der Waals surface area contributed by atoms with E-state index in [2.05, 4.69) is 18.6 Å². The zero-order valence-electron chi connectivity index (χ0n) is 17.6. The molecule has 0 saturated carbocycles. The van der Waals surface area contributed by atoms with E-state index in [1.807, 2.05) is 0 Å². The number of hydrazone groups is 1. The fraction of sp³-hybridized carbons (Fsp3) is 0.304. The van der Waals surface area contributed by atoms with Crippen LogP contribution in [0.25, 0.3) is 0 Å². The zero-order valence-corrected chi connectivity index (χ0v) is 19.1. The molecule has 0 radical (unpaired) electrons. The predicted molar refractivity (Wildman–Crippen MR) is 126 cm³/mol.